The lowest BCUT2D eigenvalue weighted by molar-refractivity contribution is 0.501. The monoisotopic (exact) mass is 214 g/mol. The molecular formula is C14H14O2. The first-order valence-electron chi connectivity index (χ1n) is 5.49. The molecule has 2 heteroatoms. The van der Waals surface area contributed by atoms with Crippen LogP contribution in [0.25, 0.3) is 11.3 Å². The molecule has 0 N–H and O–H groups in total. The maximum atomic E-state index is 11.5. The smallest absolute Gasteiger partial charge is 0.185 e. The van der Waals surface area contributed by atoms with Crippen molar-refractivity contribution < 1.29 is 4.42 Å². The molecule has 0 unspecified atom stereocenters. The summed E-state index contributed by atoms with van der Waals surface area (Å²) in [6, 6.07) is 12.8. The maximum absolute atomic E-state index is 11.5. The summed E-state index contributed by atoms with van der Waals surface area (Å²) in [4.78, 5) is 11.5. The lowest BCUT2D eigenvalue weighted by Crippen LogP contribution is -2.00. The number of rotatable bonds is 3. The quantitative estimate of drug-likeness (QED) is 0.785. The minimum absolute atomic E-state index is 0.00792. The van der Waals surface area contributed by atoms with Gasteiger partial charge in [0.25, 0.3) is 0 Å². The summed E-state index contributed by atoms with van der Waals surface area (Å²) in [6.07, 6.45) is 1.77. The van der Waals surface area contributed by atoms with Gasteiger partial charge in [-0.15, -0.1) is 0 Å². The van der Waals surface area contributed by atoms with Gasteiger partial charge in [-0.25, -0.2) is 0 Å². The second-order valence-corrected chi connectivity index (χ2v) is 3.74. The first-order chi connectivity index (χ1) is 7.79. The fraction of sp³-hybridized carbons (Fsp3) is 0.214. The standard InChI is InChI=1S/C14H14O2/c1-2-6-13-9-12(15)10-14(16-13)11-7-4-3-5-8-11/h3-5,7-10H,2,6H2,1H3. The molecule has 0 atom stereocenters. The van der Waals surface area contributed by atoms with Crippen LogP contribution in [0.1, 0.15) is 19.1 Å². The normalized spacial score (nSPS) is 10.3. The molecular weight excluding hydrogens is 200 g/mol. The van der Waals surface area contributed by atoms with E-state index in [0.717, 1.165) is 24.2 Å². The third kappa shape index (κ3) is 2.40. The van der Waals surface area contributed by atoms with Crippen LogP contribution in [0.5, 0.6) is 0 Å². The van der Waals surface area contributed by atoms with Crippen LogP contribution in [0.3, 0.4) is 0 Å². The van der Waals surface area contributed by atoms with E-state index in [9.17, 15) is 4.79 Å². The molecule has 0 radical (unpaired) electrons. The van der Waals surface area contributed by atoms with Gasteiger partial charge in [0.05, 0.1) is 0 Å². The molecule has 0 fully saturated rings. The van der Waals surface area contributed by atoms with Crippen molar-refractivity contribution >= 4 is 0 Å². The molecule has 2 aromatic rings. The molecule has 0 amide bonds. The van der Waals surface area contributed by atoms with Gasteiger partial charge >= 0.3 is 0 Å². The first-order valence-corrected chi connectivity index (χ1v) is 5.49. The third-order valence-corrected chi connectivity index (χ3v) is 2.37. The van der Waals surface area contributed by atoms with Gasteiger partial charge in [-0.3, -0.25) is 4.79 Å². The van der Waals surface area contributed by atoms with Gasteiger partial charge in [-0.05, 0) is 6.42 Å². The van der Waals surface area contributed by atoms with E-state index in [4.69, 9.17) is 4.42 Å². The highest BCUT2D eigenvalue weighted by atomic mass is 16.3. The minimum atomic E-state index is 0.00792. The van der Waals surface area contributed by atoms with Gasteiger partial charge in [0.1, 0.15) is 11.5 Å². The Morgan fingerprint density at radius 2 is 1.88 bits per heavy atom. The Morgan fingerprint density at radius 3 is 2.56 bits per heavy atom. The van der Waals surface area contributed by atoms with Crippen molar-refractivity contribution in [1.29, 1.82) is 0 Å². The van der Waals surface area contributed by atoms with Crippen LogP contribution in [0, 0.1) is 0 Å². The highest BCUT2D eigenvalue weighted by Crippen LogP contribution is 2.18. The zero-order valence-corrected chi connectivity index (χ0v) is 9.27. The van der Waals surface area contributed by atoms with Crippen molar-refractivity contribution in [2.45, 2.75) is 19.8 Å². The van der Waals surface area contributed by atoms with Crippen LogP contribution >= 0.6 is 0 Å². The number of benzene rings is 1. The molecule has 2 rings (SSSR count). The average Bonchev–Trinajstić information content (AvgIpc) is 2.30. The predicted octanol–water partition coefficient (Wildman–Crippen LogP) is 3.26. The SMILES string of the molecule is CCCc1cc(=O)cc(-c2ccccc2)o1. The highest BCUT2D eigenvalue weighted by Gasteiger charge is 2.03. The Kier molecular flexibility index (Phi) is 3.20. The molecule has 16 heavy (non-hydrogen) atoms. The second kappa shape index (κ2) is 4.79. The summed E-state index contributed by atoms with van der Waals surface area (Å²) in [5.41, 5.74) is 0.950. The first kappa shape index (κ1) is 10.7. The van der Waals surface area contributed by atoms with Crippen molar-refractivity contribution in [2.75, 3.05) is 0 Å². The Bertz CT molecular complexity index is 512. The number of hydrogen-bond donors (Lipinski definition) is 0. The van der Waals surface area contributed by atoms with E-state index in [0.29, 0.717) is 5.76 Å². The van der Waals surface area contributed by atoms with Crippen LogP contribution in [-0.2, 0) is 6.42 Å². The Labute approximate surface area is 94.5 Å². The molecule has 0 spiro atoms. The molecule has 0 aliphatic rings. The second-order valence-electron chi connectivity index (χ2n) is 3.74. The van der Waals surface area contributed by atoms with Crippen molar-refractivity contribution in [3.05, 3.63) is 58.4 Å². The molecule has 0 aliphatic heterocycles. The summed E-state index contributed by atoms with van der Waals surface area (Å²) in [7, 11) is 0. The van der Waals surface area contributed by atoms with Crippen LogP contribution in [0.15, 0.2) is 51.7 Å². The lowest BCUT2D eigenvalue weighted by Gasteiger charge is -2.03. The van der Waals surface area contributed by atoms with Gasteiger partial charge < -0.3 is 4.42 Å². The van der Waals surface area contributed by atoms with E-state index < -0.39 is 0 Å². The zero-order chi connectivity index (χ0) is 11.4. The molecule has 0 aliphatic carbocycles. The predicted molar refractivity (Wildman–Crippen MR) is 64.4 cm³/mol. The van der Waals surface area contributed by atoms with E-state index in [1.807, 2.05) is 30.3 Å². The van der Waals surface area contributed by atoms with E-state index in [-0.39, 0.29) is 5.43 Å². The molecule has 1 aromatic carbocycles. The van der Waals surface area contributed by atoms with E-state index in [1.54, 1.807) is 6.07 Å². The Balaban J connectivity index is 2.45. The molecule has 0 saturated heterocycles. The summed E-state index contributed by atoms with van der Waals surface area (Å²) in [5.74, 6) is 1.41. The van der Waals surface area contributed by atoms with Gasteiger partial charge in [0, 0.05) is 24.1 Å². The maximum Gasteiger partial charge on any atom is 0.185 e. The molecule has 82 valence electrons. The fourth-order valence-corrected chi connectivity index (χ4v) is 1.64. The fourth-order valence-electron chi connectivity index (χ4n) is 1.64. The Hall–Kier alpha value is -1.83. The molecule has 2 nitrogen and oxygen atoms in total. The van der Waals surface area contributed by atoms with Crippen molar-refractivity contribution in [1.82, 2.24) is 0 Å². The third-order valence-electron chi connectivity index (χ3n) is 2.37. The number of aryl methyl sites for hydroxylation is 1. The largest absolute Gasteiger partial charge is 0.461 e. The zero-order valence-electron chi connectivity index (χ0n) is 9.27. The van der Waals surface area contributed by atoms with Crippen LogP contribution in [0.2, 0.25) is 0 Å². The molecule has 0 bridgehead atoms. The van der Waals surface area contributed by atoms with Crippen molar-refractivity contribution in [3.63, 3.8) is 0 Å². The summed E-state index contributed by atoms with van der Waals surface area (Å²) in [5, 5.41) is 0. The van der Waals surface area contributed by atoms with Gasteiger partial charge in [0.2, 0.25) is 0 Å². The van der Waals surface area contributed by atoms with Crippen LogP contribution in [0.4, 0.5) is 0 Å². The topological polar surface area (TPSA) is 30.2 Å². The van der Waals surface area contributed by atoms with E-state index >= 15 is 0 Å². The summed E-state index contributed by atoms with van der Waals surface area (Å²) < 4.78 is 5.68. The summed E-state index contributed by atoms with van der Waals surface area (Å²) in [6.45, 7) is 2.06. The van der Waals surface area contributed by atoms with Crippen molar-refractivity contribution in [2.24, 2.45) is 0 Å². The lowest BCUT2D eigenvalue weighted by atomic mass is 10.1. The molecule has 1 aromatic heterocycles. The van der Waals surface area contributed by atoms with E-state index in [2.05, 4.69) is 6.92 Å². The van der Waals surface area contributed by atoms with Gasteiger partial charge in [-0.2, -0.15) is 0 Å². The molecule has 1 heterocycles. The van der Waals surface area contributed by atoms with Gasteiger partial charge in [-0.1, -0.05) is 37.3 Å². The molecule has 0 saturated carbocycles. The number of hydrogen-bond acceptors (Lipinski definition) is 2. The van der Waals surface area contributed by atoms with Crippen LogP contribution in [-0.4, -0.2) is 0 Å². The van der Waals surface area contributed by atoms with Gasteiger partial charge in [0.15, 0.2) is 5.43 Å². The summed E-state index contributed by atoms with van der Waals surface area (Å²) >= 11 is 0. The Morgan fingerprint density at radius 1 is 1.12 bits per heavy atom. The van der Waals surface area contributed by atoms with E-state index in [1.165, 1.54) is 6.07 Å². The average molecular weight is 214 g/mol. The minimum Gasteiger partial charge on any atom is -0.461 e. The highest BCUT2D eigenvalue weighted by molar-refractivity contribution is 5.56. The van der Waals surface area contributed by atoms with Crippen LogP contribution < -0.4 is 5.43 Å². The van der Waals surface area contributed by atoms with Crippen molar-refractivity contribution in [3.8, 4) is 11.3 Å².